The third-order valence-corrected chi connectivity index (χ3v) is 5.80. The van der Waals surface area contributed by atoms with Crippen molar-refractivity contribution in [1.82, 2.24) is 4.90 Å². The Kier molecular flexibility index (Phi) is 6.24. The zero-order valence-electron chi connectivity index (χ0n) is 13.3. The number of amides is 2. The maximum atomic E-state index is 12.5. The van der Waals surface area contributed by atoms with Crippen LogP contribution in [0.15, 0.2) is 64.0 Å². The lowest BCUT2D eigenvalue weighted by atomic mass is 10.2. The number of carbonyl (C=O) groups excluding carboxylic acids is 2. The van der Waals surface area contributed by atoms with Crippen LogP contribution in [0.5, 0.6) is 0 Å². The van der Waals surface area contributed by atoms with E-state index < -0.39 is 0 Å². The molecule has 0 aliphatic carbocycles. The Balaban J connectivity index is 1.71. The Hall–Kier alpha value is -1.53. The third kappa shape index (κ3) is 4.60. The molecule has 1 fully saturated rings. The van der Waals surface area contributed by atoms with Crippen molar-refractivity contribution in [3.63, 3.8) is 0 Å². The Labute approximate surface area is 173 Å². The molecule has 0 bridgehead atoms. The summed E-state index contributed by atoms with van der Waals surface area (Å²) in [6, 6.07) is 12.8. The van der Waals surface area contributed by atoms with Gasteiger partial charge in [0, 0.05) is 4.47 Å². The zero-order valence-corrected chi connectivity index (χ0v) is 17.2. The summed E-state index contributed by atoms with van der Waals surface area (Å²) in [4.78, 5) is 26.2. The van der Waals surface area contributed by atoms with Crippen LogP contribution in [0.3, 0.4) is 0 Å². The molecule has 0 spiro atoms. The third-order valence-electron chi connectivity index (χ3n) is 3.60. The first-order valence-electron chi connectivity index (χ1n) is 7.55. The molecule has 26 heavy (non-hydrogen) atoms. The maximum absolute atomic E-state index is 12.5. The molecule has 1 aliphatic heterocycles. The van der Waals surface area contributed by atoms with E-state index in [2.05, 4.69) is 15.9 Å². The van der Waals surface area contributed by atoms with E-state index in [1.165, 1.54) is 4.90 Å². The van der Waals surface area contributed by atoms with E-state index in [1.54, 1.807) is 30.4 Å². The van der Waals surface area contributed by atoms with Gasteiger partial charge in [-0.15, -0.1) is 0 Å². The summed E-state index contributed by atoms with van der Waals surface area (Å²) in [5.41, 5.74) is 1.74. The van der Waals surface area contributed by atoms with Crippen molar-refractivity contribution in [1.29, 1.82) is 0 Å². The lowest BCUT2D eigenvalue weighted by Crippen LogP contribution is -2.27. The maximum Gasteiger partial charge on any atom is 0.293 e. The Morgan fingerprint density at radius 1 is 1.04 bits per heavy atom. The molecule has 7 heteroatoms. The van der Waals surface area contributed by atoms with Crippen molar-refractivity contribution in [3.05, 3.63) is 85.2 Å². The molecule has 0 radical (unpaired) electrons. The molecular weight excluding hydrogens is 457 g/mol. The molecule has 1 heterocycles. The number of rotatable bonds is 4. The minimum absolute atomic E-state index is 0.162. The van der Waals surface area contributed by atoms with Crippen LogP contribution in [0.25, 0.3) is 6.08 Å². The molecule has 0 saturated carbocycles. The molecule has 2 aromatic carbocycles. The summed E-state index contributed by atoms with van der Waals surface area (Å²) in [7, 11) is 0. The Morgan fingerprint density at radius 3 is 2.46 bits per heavy atom. The predicted molar refractivity (Wildman–Crippen MR) is 111 cm³/mol. The fourth-order valence-electron chi connectivity index (χ4n) is 2.29. The van der Waals surface area contributed by atoms with Gasteiger partial charge in [-0.05, 0) is 53.2 Å². The Morgan fingerprint density at radius 2 is 1.77 bits per heavy atom. The summed E-state index contributed by atoms with van der Waals surface area (Å²) in [6.07, 6.45) is 5.29. The smallest absolute Gasteiger partial charge is 0.268 e. The molecule has 3 nitrogen and oxygen atoms in total. The molecule has 2 amide bonds. The second-order valence-corrected chi connectivity index (χ2v) is 8.17. The fraction of sp³-hybridized carbons (Fsp3) is 0.0526. The molecule has 132 valence electrons. The van der Waals surface area contributed by atoms with Crippen LogP contribution in [-0.2, 0) is 11.3 Å². The highest BCUT2D eigenvalue weighted by Crippen LogP contribution is 2.32. The number of hydrogen-bond acceptors (Lipinski definition) is 3. The number of halogens is 3. The number of allylic oxidation sites excluding steroid dienone is 2. The van der Waals surface area contributed by atoms with Crippen molar-refractivity contribution in [3.8, 4) is 0 Å². The molecule has 0 aromatic heterocycles. The number of nitrogens with zero attached hydrogens (tertiary/aromatic N) is 1. The van der Waals surface area contributed by atoms with Crippen molar-refractivity contribution in [2.24, 2.45) is 0 Å². The highest BCUT2D eigenvalue weighted by Gasteiger charge is 2.34. The van der Waals surface area contributed by atoms with Gasteiger partial charge in [0.2, 0.25) is 0 Å². The lowest BCUT2D eigenvalue weighted by molar-refractivity contribution is -0.123. The van der Waals surface area contributed by atoms with Gasteiger partial charge in [-0.25, -0.2) is 0 Å². The normalized spacial score (nSPS) is 16.3. The van der Waals surface area contributed by atoms with Gasteiger partial charge in [0.1, 0.15) is 0 Å². The number of thioether (sulfide) groups is 1. The van der Waals surface area contributed by atoms with Crippen LogP contribution in [0.1, 0.15) is 11.1 Å². The average molecular weight is 469 g/mol. The minimum Gasteiger partial charge on any atom is -0.268 e. The molecule has 1 saturated heterocycles. The topological polar surface area (TPSA) is 37.4 Å². The van der Waals surface area contributed by atoms with Gasteiger partial charge in [-0.1, -0.05) is 69.5 Å². The fourth-order valence-corrected chi connectivity index (χ4v) is 3.67. The van der Waals surface area contributed by atoms with Crippen LogP contribution >= 0.6 is 50.9 Å². The zero-order chi connectivity index (χ0) is 18.7. The number of imide groups is 1. The second kappa shape index (κ2) is 8.44. The number of benzene rings is 2. The first kappa shape index (κ1) is 19.2. The quantitative estimate of drug-likeness (QED) is 0.477. The molecule has 0 N–H and O–H groups in total. The number of carbonyl (C=O) groups is 2. The summed E-state index contributed by atoms with van der Waals surface area (Å²) < 4.78 is 0.998. The first-order valence-corrected chi connectivity index (χ1v) is 9.92. The van der Waals surface area contributed by atoms with Crippen LogP contribution in [0.4, 0.5) is 4.79 Å². The molecule has 2 aromatic rings. The van der Waals surface area contributed by atoms with Gasteiger partial charge >= 0.3 is 0 Å². The molecular formula is C19H12BrCl2NO2S. The monoisotopic (exact) mass is 467 g/mol. The summed E-state index contributed by atoms with van der Waals surface area (Å²) >= 11 is 16.2. The first-order chi connectivity index (χ1) is 12.4. The van der Waals surface area contributed by atoms with Crippen LogP contribution in [0, 0.1) is 0 Å². The SMILES string of the molecule is O=C1S/C(=C\C=C\c2ccc(Br)cc2)C(=O)N1Cc1ccc(Cl)c(Cl)c1. The van der Waals surface area contributed by atoms with Crippen LogP contribution in [0.2, 0.25) is 10.0 Å². The van der Waals surface area contributed by atoms with Gasteiger partial charge in [0.15, 0.2) is 0 Å². The molecule has 1 aliphatic rings. The van der Waals surface area contributed by atoms with Crippen LogP contribution in [-0.4, -0.2) is 16.0 Å². The predicted octanol–water partition coefficient (Wildman–Crippen LogP) is 6.55. The summed E-state index contributed by atoms with van der Waals surface area (Å²) in [5.74, 6) is -0.313. The van der Waals surface area contributed by atoms with E-state index in [9.17, 15) is 9.59 Å². The van der Waals surface area contributed by atoms with E-state index in [4.69, 9.17) is 23.2 Å². The van der Waals surface area contributed by atoms with E-state index in [0.717, 1.165) is 27.4 Å². The van der Waals surface area contributed by atoms with Crippen molar-refractivity contribution < 1.29 is 9.59 Å². The van der Waals surface area contributed by atoms with Crippen molar-refractivity contribution >= 4 is 68.1 Å². The minimum atomic E-state index is -0.313. The highest BCUT2D eigenvalue weighted by atomic mass is 79.9. The van der Waals surface area contributed by atoms with Gasteiger partial charge in [-0.3, -0.25) is 14.5 Å². The van der Waals surface area contributed by atoms with E-state index in [1.807, 2.05) is 30.3 Å². The standard InChI is InChI=1S/C19H12BrCl2NO2S/c20-14-7-4-12(5-8-14)2-1-3-17-18(24)23(19(25)26-17)11-13-6-9-15(21)16(22)10-13/h1-10H,11H2/b2-1+,17-3-. The van der Waals surface area contributed by atoms with Crippen molar-refractivity contribution in [2.45, 2.75) is 6.54 Å². The van der Waals surface area contributed by atoms with Gasteiger partial charge in [0.25, 0.3) is 11.1 Å². The Bertz CT molecular complexity index is 926. The average Bonchev–Trinajstić information content (AvgIpc) is 2.87. The van der Waals surface area contributed by atoms with Crippen LogP contribution < -0.4 is 0 Å². The van der Waals surface area contributed by atoms with Crippen molar-refractivity contribution in [2.75, 3.05) is 0 Å². The summed E-state index contributed by atoms with van der Waals surface area (Å²) in [5, 5.41) is 0.524. The molecule has 0 unspecified atom stereocenters. The van der Waals surface area contributed by atoms with E-state index in [0.29, 0.717) is 15.0 Å². The molecule has 3 rings (SSSR count). The highest BCUT2D eigenvalue weighted by molar-refractivity contribution is 9.10. The largest absolute Gasteiger partial charge is 0.293 e. The molecule has 0 atom stereocenters. The second-order valence-electron chi connectivity index (χ2n) is 5.45. The van der Waals surface area contributed by atoms with E-state index in [-0.39, 0.29) is 17.7 Å². The summed E-state index contributed by atoms with van der Waals surface area (Å²) in [6.45, 7) is 0.162. The van der Waals surface area contributed by atoms with Gasteiger partial charge in [-0.2, -0.15) is 0 Å². The lowest BCUT2D eigenvalue weighted by Gasteiger charge is -2.12. The van der Waals surface area contributed by atoms with E-state index >= 15 is 0 Å². The number of hydrogen-bond donors (Lipinski definition) is 0. The van der Waals surface area contributed by atoms with Gasteiger partial charge < -0.3 is 0 Å². The van der Waals surface area contributed by atoms with Gasteiger partial charge in [0.05, 0.1) is 21.5 Å².